The molecule has 2 heterocycles. The summed E-state index contributed by atoms with van der Waals surface area (Å²) in [4.78, 5) is 8.22. The van der Waals surface area contributed by atoms with Gasteiger partial charge in [0, 0.05) is 31.3 Å². The molecule has 2 N–H and O–H groups in total. The zero-order valence-corrected chi connectivity index (χ0v) is 8.09. The second-order valence-corrected chi connectivity index (χ2v) is 3.04. The standard InChI is InChI=1S/C9H13N5/c1-2-13-5-3-11-8(13)7-14-6-4-12-9(14)10/h3-6H,2,7H2,1H3,(H2,10,12). The van der Waals surface area contributed by atoms with Gasteiger partial charge in [-0.1, -0.05) is 0 Å². The Balaban J connectivity index is 2.22. The Morgan fingerprint density at radius 3 is 2.57 bits per heavy atom. The van der Waals surface area contributed by atoms with Crippen LogP contribution in [0.4, 0.5) is 5.95 Å². The van der Waals surface area contributed by atoms with Gasteiger partial charge in [0.2, 0.25) is 5.95 Å². The highest BCUT2D eigenvalue weighted by molar-refractivity contribution is 5.17. The Morgan fingerprint density at radius 2 is 1.93 bits per heavy atom. The molecule has 0 aliphatic heterocycles. The highest BCUT2D eigenvalue weighted by atomic mass is 15.2. The van der Waals surface area contributed by atoms with Crippen LogP contribution in [0.3, 0.4) is 0 Å². The van der Waals surface area contributed by atoms with Crippen LogP contribution in [0.2, 0.25) is 0 Å². The second kappa shape index (κ2) is 3.53. The van der Waals surface area contributed by atoms with E-state index >= 15 is 0 Å². The molecule has 0 radical (unpaired) electrons. The summed E-state index contributed by atoms with van der Waals surface area (Å²) in [6.45, 7) is 3.68. The maximum absolute atomic E-state index is 5.66. The Morgan fingerprint density at radius 1 is 1.21 bits per heavy atom. The van der Waals surface area contributed by atoms with Crippen LogP contribution in [0.5, 0.6) is 0 Å². The first kappa shape index (κ1) is 8.80. The van der Waals surface area contributed by atoms with E-state index < -0.39 is 0 Å². The minimum absolute atomic E-state index is 0.524. The van der Waals surface area contributed by atoms with Crippen LogP contribution >= 0.6 is 0 Å². The Labute approximate surface area is 82.2 Å². The summed E-state index contributed by atoms with van der Waals surface area (Å²) in [5.74, 6) is 1.52. The van der Waals surface area contributed by atoms with Crippen molar-refractivity contribution in [2.24, 2.45) is 0 Å². The van der Waals surface area contributed by atoms with E-state index in [1.165, 1.54) is 0 Å². The molecule has 0 bridgehead atoms. The van der Waals surface area contributed by atoms with Gasteiger partial charge in [-0.2, -0.15) is 0 Å². The molecule has 2 rings (SSSR count). The highest BCUT2D eigenvalue weighted by Crippen LogP contribution is 2.04. The molecule has 2 aromatic rings. The number of hydrogen-bond acceptors (Lipinski definition) is 3. The number of nitrogen functional groups attached to an aromatic ring is 1. The maximum Gasteiger partial charge on any atom is 0.200 e. The van der Waals surface area contributed by atoms with Gasteiger partial charge in [0.1, 0.15) is 5.82 Å². The van der Waals surface area contributed by atoms with E-state index in [1.807, 2.05) is 17.0 Å². The molecule has 0 saturated carbocycles. The quantitative estimate of drug-likeness (QED) is 0.778. The van der Waals surface area contributed by atoms with Crippen molar-refractivity contribution in [2.45, 2.75) is 20.0 Å². The molecular weight excluding hydrogens is 178 g/mol. The van der Waals surface area contributed by atoms with Crippen molar-refractivity contribution in [3.05, 3.63) is 30.6 Å². The smallest absolute Gasteiger partial charge is 0.200 e. The van der Waals surface area contributed by atoms with E-state index in [0.29, 0.717) is 12.5 Å². The average Bonchev–Trinajstić information content (AvgIpc) is 2.77. The van der Waals surface area contributed by atoms with Gasteiger partial charge in [-0.05, 0) is 6.92 Å². The first-order chi connectivity index (χ1) is 6.81. The molecule has 5 heteroatoms. The van der Waals surface area contributed by atoms with Crippen molar-refractivity contribution >= 4 is 5.95 Å². The van der Waals surface area contributed by atoms with Crippen molar-refractivity contribution in [1.29, 1.82) is 0 Å². The lowest BCUT2D eigenvalue weighted by Crippen LogP contribution is -2.09. The summed E-state index contributed by atoms with van der Waals surface area (Å²) < 4.78 is 3.95. The Hall–Kier alpha value is -1.78. The topological polar surface area (TPSA) is 61.7 Å². The van der Waals surface area contributed by atoms with E-state index in [0.717, 1.165) is 12.4 Å². The van der Waals surface area contributed by atoms with Gasteiger partial charge in [-0.15, -0.1) is 0 Å². The van der Waals surface area contributed by atoms with E-state index in [9.17, 15) is 0 Å². The van der Waals surface area contributed by atoms with Gasteiger partial charge in [0.05, 0.1) is 6.54 Å². The number of rotatable bonds is 3. The number of aryl methyl sites for hydroxylation is 1. The largest absolute Gasteiger partial charge is 0.369 e. The summed E-state index contributed by atoms with van der Waals surface area (Å²) in [5.41, 5.74) is 5.66. The van der Waals surface area contributed by atoms with Crippen LogP contribution in [0, 0.1) is 0 Å². The summed E-state index contributed by atoms with van der Waals surface area (Å²) in [7, 11) is 0. The molecule has 0 saturated heterocycles. The van der Waals surface area contributed by atoms with Crippen LogP contribution in [-0.2, 0) is 13.1 Å². The van der Waals surface area contributed by atoms with Crippen molar-refractivity contribution in [1.82, 2.24) is 19.1 Å². The zero-order chi connectivity index (χ0) is 9.97. The first-order valence-corrected chi connectivity index (χ1v) is 4.58. The van der Waals surface area contributed by atoms with Crippen LogP contribution in [0.1, 0.15) is 12.7 Å². The number of nitrogens with zero attached hydrogens (tertiary/aromatic N) is 4. The van der Waals surface area contributed by atoms with E-state index in [4.69, 9.17) is 5.73 Å². The predicted molar refractivity (Wildman–Crippen MR) is 53.6 cm³/mol. The minimum Gasteiger partial charge on any atom is -0.369 e. The Kier molecular flexibility index (Phi) is 2.22. The SMILES string of the molecule is CCn1ccnc1Cn1ccnc1N. The lowest BCUT2D eigenvalue weighted by Gasteiger charge is -2.06. The summed E-state index contributed by atoms with van der Waals surface area (Å²) in [6.07, 6.45) is 7.30. The molecule has 5 nitrogen and oxygen atoms in total. The van der Waals surface area contributed by atoms with E-state index in [2.05, 4.69) is 21.5 Å². The number of imidazole rings is 2. The molecule has 0 aromatic carbocycles. The minimum atomic E-state index is 0.524. The molecular formula is C9H13N5. The van der Waals surface area contributed by atoms with Gasteiger partial charge in [-0.25, -0.2) is 9.97 Å². The normalized spacial score (nSPS) is 10.6. The summed E-state index contributed by atoms with van der Waals surface area (Å²) in [6, 6.07) is 0. The number of hydrogen-bond donors (Lipinski definition) is 1. The molecule has 74 valence electrons. The average molecular weight is 191 g/mol. The van der Waals surface area contributed by atoms with Crippen molar-refractivity contribution < 1.29 is 0 Å². The lowest BCUT2D eigenvalue weighted by molar-refractivity contribution is 0.655. The third kappa shape index (κ3) is 1.48. The molecule has 14 heavy (non-hydrogen) atoms. The number of aromatic nitrogens is 4. The van der Waals surface area contributed by atoms with E-state index in [1.54, 1.807) is 12.4 Å². The van der Waals surface area contributed by atoms with Crippen LogP contribution < -0.4 is 5.73 Å². The molecule has 2 aromatic heterocycles. The molecule has 0 amide bonds. The fourth-order valence-electron chi connectivity index (χ4n) is 1.41. The molecule has 0 aliphatic rings. The van der Waals surface area contributed by atoms with Crippen LogP contribution in [0.15, 0.2) is 24.8 Å². The zero-order valence-electron chi connectivity index (χ0n) is 8.09. The number of nitrogens with two attached hydrogens (primary N) is 1. The molecule has 0 unspecified atom stereocenters. The molecule has 0 spiro atoms. The highest BCUT2D eigenvalue weighted by Gasteiger charge is 2.03. The molecule has 0 fully saturated rings. The van der Waals surface area contributed by atoms with Crippen molar-refractivity contribution in [3.8, 4) is 0 Å². The fourth-order valence-corrected chi connectivity index (χ4v) is 1.41. The van der Waals surface area contributed by atoms with Crippen LogP contribution in [0.25, 0.3) is 0 Å². The predicted octanol–water partition coefficient (Wildman–Crippen LogP) is 0.730. The van der Waals surface area contributed by atoms with Gasteiger partial charge < -0.3 is 14.9 Å². The van der Waals surface area contributed by atoms with Gasteiger partial charge in [-0.3, -0.25) is 0 Å². The van der Waals surface area contributed by atoms with Gasteiger partial charge in [0.25, 0.3) is 0 Å². The molecule has 0 aliphatic carbocycles. The second-order valence-electron chi connectivity index (χ2n) is 3.04. The molecule has 0 atom stereocenters. The van der Waals surface area contributed by atoms with Crippen molar-refractivity contribution in [3.63, 3.8) is 0 Å². The monoisotopic (exact) mass is 191 g/mol. The Bertz CT molecular complexity index is 414. The third-order valence-corrected chi connectivity index (χ3v) is 2.20. The van der Waals surface area contributed by atoms with Gasteiger partial charge in [0.15, 0.2) is 0 Å². The third-order valence-electron chi connectivity index (χ3n) is 2.20. The lowest BCUT2D eigenvalue weighted by atomic mass is 10.5. The maximum atomic E-state index is 5.66. The van der Waals surface area contributed by atoms with Crippen molar-refractivity contribution in [2.75, 3.05) is 5.73 Å². The van der Waals surface area contributed by atoms with Crippen LogP contribution in [-0.4, -0.2) is 19.1 Å². The van der Waals surface area contributed by atoms with Gasteiger partial charge >= 0.3 is 0 Å². The summed E-state index contributed by atoms with van der Waals surface area (Å²) >= 11 is 0. The summed E-state index contributed by atoms with van der Waals surface area (Å²) in [5, 5.41) is 0. The number of anilines is 1. The van der Waals surface area contributed by atoms with E-state index in [-0.39, 0.29) is 0 Å². The first-order valence-electron chi connectivity index (χ1n) is 4.58. The fraction of sp³-hybridized carbons (Fsp3) is 0.333.